The van der Waals surface area contributed by atoms with Crippen LogP contribution in [0.15, 0.2) is 47.4 Å². The van der Waals surface area contributed by atoms with Crippen molar-refractivity contribution in [3.05, 3.63) is 48.0 Å². The van der Waals surface area contributed by atoms with E-state index in [0.29, 0.717) is 30.4 Å². The maximum atomic E-state index is 12.6. The van der Waals surface area contributed by atoms with Crippen LogP contribution in [0.2, 0.25) is 0 Å². The highest BCUT2D eigenvalue weighted by Crippen LogP contribution is 2.32. The molecule has 0 saturated carbocycles. The lowest BCUT2D eigenvalue weighted by Crippen LogP contribution is -2.41. The molecule has 2 aromatic rings. The molecule has 3 rings (SSSR count). The summed E-state index contributed by atoms with van der Waals surface area (Å²) in [5.74, 6) is 0.921. The van der Waals surface area contributed by atoms with Crippen molar-refractivity contribution in [3.63, 3.8) is 0 Å². The Balaban J connectivity index is 1.73. The highest BCUT2D eigenvalue weighted by Gasteiger charge is 2.23. The summed E-state index contributed by atoms with van der Waals surface area (Å²) in [6.45, 7) is 2.53. The number of ether oxygens (including phenoxy) is 2. The number of sulfonamides is 1. The van der Waals surface area contributed by atoms with Crippen molar-refractivity contribution in [3.8, 4) is 11.5 Å². The van der Waals surface area contributed by atoms with E-state index in [0.717, 1.165) is 21.0 Å². The summed E-state index contributed by atoms with van der Waals surface area (Å²) in [6.07, 6.45) is 3.00. The third-order valence-electron chi connectivity index (χ3n) is 4.47. The van der Waals surface area contributed by atoms with Crippen molar-refractivity contribution in [2.24, 2.45) is 0 Å². The largest absolute Gasteiger partial charge is 0.486 e. The first kappa shape index (κ1) is 21.3. The Bertz CT molecular complexity index is 994. The summed E-state index contributed by atoms with van der Waals surface area (Å²) in [6, 6.07) is 12.3. The number of carbonyl (C=O) groups is 1. The molecular formula is C20H24N2O5S2. The normalized spacial score (nSPS) is 14.2. The molecule has 1 amide bonds. The number of fused-ring (bicyclic) bond motifs is 1. The number of hydrogen-bond donors (Lipinski definition) is 1. The molecule has 0 aliphatic carbocycles. The molecular weight excluding hydrogens is 412 g/mol. The molecule has 1 aliphatic heterocycles. The van der Waals surface area contributed by atoms with Crippen LogP contribution in [-0.2, 0) is 14.8 Å². The molecule has 0 radical (unpaired) electrons. The lowest BCUT2D eigenvalue weighted by molar-refractivity contribution is -0.120. The Labute approximate surface area is 175 Å². The van der Waals surface area contributed by atoms with Gasteiger partial charge in [0.05, 0.1) is 18.0 Å². The second kappa shape index (κ2) is 8.96. The van der Waals surface area contributed by atoms with Crippen LogP contribution in [0.3, 0.4) is 0 Å². The average Bonchev–Trinajstić information content (AvgIpc) is 2.70. The monoisotopic (exact) mass is 436 g/mol. The van der Waals surface area contributed by atoms with Gasteiger partial charge in [-0.2, -0.15) is 0 Å². The van der Waals surface area contributed by atoms with Crippen molar-refractivity contribution >= 4 is 33.4 Å². The fraction of sp³-hybridized carbons (Fsp3) is 0.350. The number of anilines is 1. The summed E-state index contributed by atoms with van der Waals surface area (Å²) in [5, 5.41) is 2.86. The lowest BCUT2D eigenvalue weighted by Gasteiger charge is -2.24. The summed E-state index contributed by atoms with van der Waals surface area (Å²) >= 11 is 1.50. The Morgan fingerprint density at radius 2 is 1.90 bits per heavy atom. The van der Waals surface area contributed by atoms with Crippen LogP contribution in [0.5, 0.6) is 11.5 Å². The molecule has 1 heterocycles. The van der Waals surface area contributed by atoms with E-state index in [1.165, 1.54) is 11.8 Å². The summed E-state index contributed by atoms with van der Waals surface area (Å²) in [5.41, 5.74) is 1.30. The Kier molecular flexibility index (Phi) is 6.59. The zero-order valence-electron chi connectivity index (χ0n) is 16.5. The molecule has 0 bridgehead atoms. The van der Waals surface area contributed by atoms with Gasteiger partial charge in [-0.05, 0) is 49.1 Å². The van der Waals surface area contributed by atoms with E-state index in [1.54, 1.807) is 18.2 Å². The maximum Gasteiger partial charge on any atom is 0.241 e. The maximum absolute atomic E-state index is 12.6. The van der Waals surface area contributed by atoms with E-state index in [-0.39, 0.29) is 12.6 Å². The van der Waals surface area contributed by atoms with Crippen LogP contribution >= 0.6 is 11.8 Å². The second-order valence-electron chi connectivity index (χ2n) is 6.66. The number of benzene rings is 2. The smallest absolute Gasteiger partial charge is 0.241 e. The van der Waals surface area contributed by atoms with E-state index in [1.807, 2.05) is 37.4 Å². The van der Waals surface area contributed by atoms with Gasteiger partial charge >= 0.3 is 0 Å². The predicted octanol–water partition coefficient (Wildman–Crippen LogP) is 2.82. The molecule has 1 atom stereocenters. The van der Waals surface area contributed by atoms with E-state index in [4.69, 9.17) is 9.47 Å². The first-order chi connectivity index (χ1) is 13.8. The van der Waals surface area contributed by atoms with Crippen molar-refractivity contribution < 1.29 is 22.7 Å². The van der Waals surface area contributed by atoms with Gasteiger partial charge < -0.3 is 14.8 Å². The summed E-state index contributed by atoms with van der Waals surface area (Å²) in [4.78, 5) is 13.5. The number of carbonyl (C=O) groups excluding carboxylic acids is 1. The number of amides is 1. The quantitative estimate of drug-likeness (QED) is 0.672. The van der Waals surface area contributed by atoms with Crippen LogP contribution in [-0.4, -0.2) is 46.6 Å². The number of nitrogens with one attached hydrogen (secondary N) is 1. The molecule has 156 valence electrons. The minimum absolute atomic E-state index is 0.300. The number of rotatable bonds is 7. The van der Waals surface area contributed by atoms with Crippen molar-refractivity contribution in [1.82, 2.24) is 5.32 Å². The zero-order chi connectivity index (χ0) is 21.0. The average molecular weight is 437 g/mol. The molecule has 1 unspecified atom stereocenters. The number of hydrogen-bond acceptors (Lipinski definition) is 6. The van der Waals surface area contributed by atoms with Gasteiger partial charge in [-0.1, -0.05) is 12.1 Å². The molecule has 2 aromatic carbocycles. The summed E-state index contributed by atoms with van der Waals surface area (Å²) in [7, 11) is -3.62. The van der Waals surface area contributed by atoms with E-state index >= 15 is 0 Å². The van der Waals surface area contributed by atoms with Crippen LogP contribution in [0.4, 0.5) is 5.69 Å². The minimum atomic E-state index is -3.62. The molecule has 0 saturated heterocycles. The van der Waals surface area contributed by atoms with Crippen LogP contribution in [0.1, 0.15) is 18.5 Å². The Morgan fingerprint density at radius 3 is 2.59 bits per heavy atom. The molecule has 0 spiro atoms. The lowest BCUT2D eigenvalue weighted by atomic mass is 10.1. The van der Waals surface area contributed by atoms with Gasteiger partial charge in [0, 0.05) is 4.90 Å². The highest BCUT2D eigenvalue weighted by atomic mass is 32.2. The molecule has 1 N–H and O–H groups in total. The van der Waals surface area contributed by atoms with Gasteiger partial charge in [-0.25, -0.2) is 8.42 Å². The fourth-order valence-electron chi connectivity index (χ4n) is 3.00. The standard InChI is InChI=1S/C20H24N2O5S2/c1-14(15-7-8-18-19(11-15)27-10-9-26-18)21-20(23)13-22(29(3,24)25)16-5-4-6-17(12-16)28-2/h4-8,11-12,14H,9-10,13H2,1-3H3,(H,21,23). The first-order valence-electron chi connectivity index (χ1n) is 9.08. The zero-order valence-corrected chi connectivity index (χ0v) is 18.2. The van der Waals surface area contributed by atoms with Gasteiger partial charge in [0.2, 0.25) is 15.9 Å². The fourth-order valence-corrected chi connectivity index (χ4v) is 4.30. The van der Waals surface area contributed by atoms with E-state index in [2.05, 4.69) is 5.32 Å². The number of thioether (sulfide) groups is 1. The van der Waals surface area contributed by atoms with Gasteiger partial charge in [-0.3, -0.25) is 9.10 Å². The summed E-state index contributed by atoms with van der Waals surface area (Å²) < 4.78 is 36.8. The van der Waals surface area contributed by atoms with Gasteiger partial charge in [0.1, 0.15) is 19.8 Å². The van der Waals surface area contributed by atoms with E-state index < -0.39 is 15.9 Å². The van der Waals surface area contributed by atoms with Crippen LogP contribution in [0.25, 0.3) is 0 Å². The molecule has 1 aliphatic rings. The molecule has 0 fully saturated rings. The second-order valence-corrected chi connectivity index (χ2v) is 9.45. The third kappa shape index (κ3) is 5.36. The van der Waals surface area contributed by atoms with Crippen LogP contribution in [0, 0.1) is 0 Å². The van der Waals surface area contributed by atoms with Gasteiger partial charge in [-0.15, -0.1) is 11.8 Å². The van der Waals surface area contributed by atoms with Crippen molar-refractivity contribution in [2.75, 3.05) is 36.6 Å². The molecule has 29 heavy (non-hydrogen) atoms. The number of nitrogens with zero attached hydrogens (tertiary/aromatic N) is 1. The molecule has 0 aromatic heterocycles. The Morgan fingerprint density at radius 1 is 1.17 bits per heavy atom. The van der Waals surface area contributed by atoms with Gasteiger partial charge in [0.15, 0.2) is 11.5 Å². The van der Waals surface area contributed by atoms with Gasteiger partial charge in [0.25, 0.3) is 0 Å². The molecule has 9 heteroatoms. The van der Waals surface area contributed by atoms with E-state index in [9.17, 15) is 13.2 Å². The SMILES string of the molecule is CSc1cccc(N(CC(=O)NC(C)c2ccc3c(c2)OCCO3)S(C)(=O)=O)c1. The molecule has 7 nitrogen and oxygen atoms in total. The third-order valence-corrected chi connectivity index (χ3v) is 6.34. The predicted molar refractivity (Wildman–Crippen MR) is 114 cm³/mol. The van der Waals surface area contributed by atoms with Crippen LogP contribution < -0.4 is 19.1 Å². The van der Waals surface area contributed by atoms with Crippen molar-refractivity contribution in [2.45, 2.75) is 17.9 Å². The topological polar surface area (TPSA) is 84.9 Å². The Hall–Kier alpha value is -2.39. The highest BCUT2D eigenvalue weighted by molar-refractivity contribution is 7.98. The minimum Gasteiger partial charge on any atom is -0.486 e. The van der Waals surface area contributed by atoms with Crippen molar-refractivity contribution in [1.29, 1.82) is 0 Å². The first-order valence-corrected chi connectivity index (χ1v) is 12.2.